The van der Waals surface area contributed by atoms with E-state index in [0.29, 0.717) is 19.1 Å². The number of carbonyl (C=O) groups excluding carboxylic acids is 2. The highest BCUT2D eigenvalue weighted by Gasteiger charge is 2.30. The van der Waals surface area contributed by atoms with Crippen LogP contribution >= 0.6 is 0 Å². The predicted octanol–water partition coefficient (Wildman–Crippen LogP) is 0.0338. The molecule has 1 aliphatic rings. The van der Waals surface area contributed by atoms with Crippen molar-refractivity contribution < 1.29 is 9.59 Å². The van der Waals surface area contributed by atoms with Crippen LogP contribution in [0.1, 0.15) is 32.6 Å². The molecule has 6 nitrogen and oxygen atoms in total. The largest absolute Gasteiger partial charge is 0.341 e. The van der Waals surface area contributed by atoms with Crippen LogP contribution in [0.5, 0.6) is 0 Å². The van der Waals surface area contributed by atoms with Crippen molar-refractivity contribution in [3.05, 3.63) is 0 Å². The van der Waals surface area contributed by atoms with Crippen LogP contribution in [0.4, 0.5) is 4.79 Å². The van der Waals surface area contributed by atoms with Gasteiger partial charge in [-0.2, -0.15) is 0 Å². The number of nitrogens with two attached hydrogens (primary N) is 1. The van der Waals surface area contributed by atoms with Gasteiger partial charge in [0, 0.05) is 26.2 Å². The molecule has 1 unspecified atom stereocenters. The van der Waals surface area contributed by atoms with Gasteiger partial charge in [-0.25, -0.2) is 4.79 Å². The molecule has 0 radical (unpaired) electrons. The molecule has 104 valence electrons. The molecule has 1 saturated carbocycles. The molecule has 0 bridgehead atoms. The number of urea groups is 1. The standard InChI is InChI=1S/C12H24N4O2/c1-9(11(17)15-12(18)14-2)16(8-7-13)10-5-3-4-6-10/h9-10H,3-8,13H2,1-2H3,(H2,14,15,17,18). The van der Waals surface area contributed by atoms with E-state index in [9.17, 15) is 9.59 Å². The molecule has 6 heteroatoms. The van der Waals surface area contributed by atoms with E-state index in [0.717, 1.165) is 12.8 Å². The van der Waals surface area contributed by atoms with E-state index in [1.54, 1.807) is 0 Å². The van der Waals surface area contributed by atoms with E-state index in [2.05, 4.69) is 15.5 Å². The first-order chi connectivity index (χ1) is 8.60. The summed E-state index contributed by atoms with van der Waals surface area (Å²) in [4.78, 5) is 25.2. The highest BCUT2D eigenvalue weighted by molar-refractivity contribution is 5.96. The minimum Gasteiger partial charge on any atom is -0.341 e. The number of amides is 3. The van der Waals surface area contributed by atoms with E-state index in [4.69, 9.17) is 5.73 Å². The highest BCUT2D eigenvalue weighted by Crippen LogP contribution is 2.24. The van der Waals surface area contributed by atoms with Gasteiger partial charge in [0.15, 0.2) is 0 Å². The maximum atomic E-state index is 11.9. The van der Waals surface area contributed by atoms with Crippen molar-refractivity contribution in [1.82, 2.24) is 15.5 Å². The maximum absolute atomic E-state index is 11.9. The molecule has 0 saturated heterocycles. The first kappa shape index (κ1) is 14.9. The topological polar surface area (TPSA) is 87.5 Å². The van der Waals surface area contributed by atoms with Gasteiger partial charge in [-0.15, -0.1) is 0 Å². The van der Waals surface area contributed by atoms with E-state index < -0.39 is 6.03 Å². The van der Waals surface area contributed by atoms with Crippen LogP contribution in [0.15, 0.2) is 0 Å². The number of imide groups is 1. The molecule has 0 aliphatic heterocycles. The van der Waals surface area contributed by atoms with Crippen LogP contribution in [0, 0.1) is 0 Å². The summed E-state index contributed by atoms with van der Waals surface area (Å²) in [6, 6.07) is -0.376. The Balaban J connectivity index is 2.60. The Morgan fingerprint density at radius 2 is 2.00 bits per heavy atom. The van der Waals surface area contributed by atoms with E-state index >= 15 is 0 Å². The first-order valence-electron chi connectivity index (χ1n) is 6.58. The average molecular weight is 256 g/mol. The fourth-order valence-corrected chi connectivity index (χ4v) is 2.51. The second-order valence-corrected chi connectivity index (χ2v) is 4.71. The molecule has 0 aromatic heterocycles. The van der Waals surface area contributed by atoms with Crippen LogP contribution in [0.25, 0.3) is 0 Å². The lowest BCUT2D eigenvalue weighted by Gasteiger charge is -2.33. The number of hydrogen-bond acceptors (Lipinski definition) is 4. The molecule has 0 heterocycles. The van der Waals surface area contributed by atoms with Crippen molar-refractivity contribution >= 4 is 11.9 Å². The molecule has 1 rings (SSSR count). The SMILES string of the molecule is CNC(=O)NC(=O)C(C)N(CCN)C1CCCC1. The number of nitrogens with one attached hydrogen (secondary N) is 2. The number of rotatable bonds is 5. The quantitative estimate of drug-likeness (QED) is 0.648. The third-order valence-corrected chi connectivity index (χ3v) is 3.52. The summed E-state index contributed by atoms with van der Waals surface area (Å²) < 4.78 is 0. The van der Waals surface area contributed by atoms with Crippen molar-refractivity contribution in [2.75, 3.05) is 20.1 Å². The summed E-state index contributed by atoms with van der Waals surface area (Å²) in [5.74, 6) is -0.269. The summed E-state index contributed by atoms with van der Waals surface area (Å²) in [5.41, 5.74) is 5.61. The molecule has 0 aromatic carbocycles. The Labute approximate surface area is 108 Å². The minimum absolute atomic E-state index is 0.269. The molecule has 0 spiro atoms. The lowest BCUT2D eigenvalue weighted by molar-refractivity contribution is -0.125. The summed E-state index contributed by atoms with van der Waals surface area (Å²) in [6.45, 7) is 3.04. The number of hydrogen-bond donors (Lipinski definition) is 3. The molecule has 1 fully saturated rings. The smallest absolute Gasteiger partial charge is 0.321 e. The summed E-state index contributed by atoms with van der Waals surface area (Å²) in [6.07, 6.45) is 4.63. The lowest BCUT2D eigenvalue weighted by Crippen LogP contribution is -2.53. The average Bonchev–Trinajstić information content (AvgIpc) is 2.88. The normalized spacial score (nSPS) is 17.8. The van der Waals surface area contributed by atoms with Gasteiger partial charge in [-0.3, -0.25) is 15.0 Å². The zero-order valence-corrected chi connectivity index (χ0v) is 11.2. The first-order valence-corrected chi connectivity index (χ1v) is 6.58. The van der Waals surface area contributed by atoms with Crippen molar-refractivity contribution in [2.24, 2.45) is 5.73 Å². The number of carbonyl (C=O) groups is 2. The van der Waals surface area contributed by atoms with Gasteiger partial charge in [-0.1, -0.05) is 12.8 Å². The highest BCUT2D eigenvalue weighted by atomic mass is 16.2. The van der Waals surface area contributed by atoms with E-state index in [1.165, 1.54) is 19.9 Å². The second kappa shape index (κ2) is 7.33. The van der Waals surface area contributed by atoms with Crippen LogP contribution < -0.4 is 16.4 Å². The third-order valence-electron chi connectivity index (χ3n) is 3.52. The zero-order chi connectivity index (χ0) is 13.5. The van der Waals surface area contributed by atoms with Gasteiger partial charge >= 0.3 is 6.03 Å². The van der Waals surface area contributed by atoms with E-state index in [-0.39, 0.29) is 11.9 Å². The van der Waals surface area contributed by atoms with Gasteiger partial charge in [0.05, 0.1) is 6.04 Å². The van der Waals surface area contributed by atoms with Crippen LogP contribution in [0.3, 0.4) is 0 Å². The Morgan fingerprint density at radius 3 is 2.50 bits per heavy atom. The van der Waals surface area contributed by atoms with E-state index in [1.807, 2.05) is 6.92 Å². The van der Waals surface area contributed by atoms with Crippen molar-refractivity contribution in [3.63, 3.8) is 0 Å². The van der Waals surface area contributed by atoms with Crippen LogP contribution in [0.2, 0.25) is 0 Å². The fraction of sp³-hybridized carbons (Fsp3) is 0.833. The van der Waals surface area contributed by atoms with Crippen molar-refractivity contribution in [1.29, 1.82) is 0 Å². The fourth-order valence-electron chi connectivity index (χ4n) is 2.51. The van der Waals surface area contributed by atoms with Crippen LogP contribution in [-0.2, 0) is 4.79 Å². The summed E-state index contributed by atoms with van der Waals surface area (Å²) in [7, 11) is 1.49. The Hall–Kier alpha value is -1.14. The summed E-state index contributed by atoms with van der Waals surface area (Å²) in [5, 5.41) is 4.70. The Morgan fingerprint density at radius 1 is 1.39 bits per heavy atom. The molecule has 1 aliphatic carbocycles. The lowest BCUT2D eigenvalue weighted by atomic mass is 10.1. The number of nitrogens with zero attached hydrogens (tertiary/aromatic N) is 1. The second-order valence-electron chi connectivity index (χ2n) is 4.71. The molecule has 4 N–H and O–H groups in total. The van der Waals surface area contributed by atoms with Gasteiger partial charge < -0.3 is 11.1 Å². The molecule has 1 atom stereocenters. The zero-order valence-electron chi connectivity index (χ0n) is 11.2. The van der Waals surface area contributed by atoms with Gasteiger partial charge in [0.2, 0.25) is 5.91 Å². The summed E-state index contributed by atoms with van der Waals surface area (Å²) >= 11 is 0. The van der Waals surface area contributed by atoms with Gasteiger partial charge in [0.25, 0.3) is 0 Å². The van der Waals surface area contributed by atoms with Crippen LogP contribution in [-0.4, -0.2) is 49.1 Å². The predicted molar refractivity (Wildman–Crippen MR) is 70.1 cm³/mol. The molecular formula is C12H24N4O2. The molecule has 18 heavy (non-hydrogen) atoms. The minimum atomic E-state index is -0.467. The molecule has 0 aromatic rings. The van der Waals surface area contributed by atoms with Crippen molar-refractivity contribution in [2.45, 2.75) is 44.7 Å². The molecule has 3 amide bonds. The Bertz CT molecular complexity index is 290. The van der Waals surface area contributed by atoms with Crippen molar-refractivity contribution in [3.8, 4) is 0 Å². The third kappa shape index (κ3) is 3.96. The van der Waals surface area contributed by atoms with Gasteiger partial charge in [0.1, 0.15) is 0 Å². The Kier molecular flexibility index (Phi) is 6.07. The monoisotopic (exact) mass is 256 g/mol. The maximum Gasteiger partial charge on any atom is 0.321 e. The van der Waals surface area contributed by atoms with Gasteiger partial charge in [-0.05, 0) is 19.8 Å². The molecular weight excluding hydrogens is 232 g/mol.